The molecule has 3 rings (SSSR count). The van der Waals surface area contributed by atoms with Gasteiger partial charge in [0.05, 0.1) is 15.5 Å². The molecule has 1 heterocycles. The number of carbonyl (C=O) groups is 1. The van der Waals surface area contributed by atoms with Gasteiger partial charge in [0.1, 0.15) is 0 Å². The first-order valence-corrected chi connectivity index (χ1v) is 12.9. The van der Waals surface area contributed by atoms with E-state index >= 15 is 0 Å². The topological polar surface area (TPSA) is 113 Å². The highest BCUT2D eigenvalue weighted by Gasteiger charge is 2.25. The van der Waals surface area contributed by atoms with Gasteiger partial charge in [-0.2, -0.15) is 4.31 Å². The number of nitrogens with zero attached hydrogens (tertiary/aromatic N) is 1. The second-order valence-electron chi connectivity index (χ2n) is 7.92. The van der Waals surface area contributed by atoms with Crippen LogP contribution in [0.15, 0.2) is 46.2 Å². The molecule has 0 unspecified atom stereocenters. The van der Waals surface area contributed by atoms with Crippen LogP contribution in [0.2, 0.25) is 0 Å². The van der Waals surface area contributed by atoms with Crippen molar-refractivity contribution < 1.29 is 21.6 Å². The Morgan fingerprint density at radius 2 is 1.68 bits per heavy atom. The average Bonchev–Trinajstić information content (AvgIpc) is 2.88. The minimum absolute atomic E-state index is 0.0108. The van der Waals surface area contributed by atoms with Gasteiger partial charge in [-0.15, -0.1) is 0 Å². The molecule has 0 saturated heterocycles. The Balaban J connectivity index is 1.95. The van der Waals surface area contributed by atoms with E-state index in [0.29, 0.717) is 30.5 Å². The number of hydrogen-bond donors (Lipinski definition) is 2. The fourth-order valence-electron chi connectivity index (χ4n) is 3.24. The third-order valence-electron chi connectivity index (χ3n) is 5.37. The van der Waals surface area contributed by atoms with Gasteiger partial charge in [-0.3, -0.25) is 9.52 Å². The number of hydrogen-bond acceptors (Lipinski definition) is 5. The van der Waals surface area contributed by atoms with Crippen LogP contribution >= 0.6 is 0 Å². The Bertz CT molecular complexity index is 1220. The van der Waals surface area contributed by atoms with E-state index in [1.165, 1.54) is 29.6 Å². The second-order valence-corrected chi connectivity index (χ2v) is 11.6. The van der Waals surface area contributed by atoms with E-state index in [-0.39, 0.29) is 27.4 Å². The number of anilines is 2. The van der Waals surface area contributed by atoms with Crippen molar-refractivity contribution in [2.75, 3.05) is 17.1 Å². The lowest BCUT2D eigenvalue weighted by molar-refractivity contribution is -0.116. The van der Waals surface area contributed by atoms with Gasteiger partial charge in [-0.1, -0.05) is 6.07 Å². The van der Waals surface area contributed by atoms with Crippen LogP contribution in [-0.4, -0.2) is 40.1 Å². The molecule has 10 heteroatoms. The fourth-order valence-corrected chi connectivity index (χ4v) is 5.80. The molecule has 0 radical (unpaired) electrons. The highest BCUT2D eigenvalue weighted by atomic mass is 32.2. The molecule has 0 spiro atoms. The summed E-state index contributed by atoms with van der Waals surface area (Å²) in [5.74, 6) is -0.0903. The van der Waals surface area contributed by atoms with E-state index in [1.807, 2.05) is 0 Å². The largest absolute Gasteiger partial charge is 0.326 e. The molecule has 0 fully saturated rings. The average molecular weight is 466 g/mol. The van der Waals surface area contributed by atoms with Gasteiger partial charge in [-0.05, 0) is 75.1 Å². The third kappa shape index (κ3) is 4.91. The fraction of sp³-hybridized carbons (Fsp3) is 0.381. The maximum atomic E-state index is 13.0. The summed E-state index contributed by atoms with van der Waals surface area (Å²) in [6.07, 6.45) is 1.62. The smallest absolute Gasteiger partial charge is 0.261 e. The molecule has 2 aromatic rings. The standard InChI is InChI=1S/C21H27N3O5S2/c1-14(2)24(4)31(28,29)18-9-8-15(3)20(13-18)23-30(26,27)17-10-11-19-16(12-17)6-5-7-21(25)22-19/h8-14,23H,5-7H2,1-4H3,(H,22,25). The van der Waals surface area contributed by atoms with Crippen LogP contribution in [0.25, 0.3) is 0 Å². The Morgan fingerprint density at radius 1 is 1.00 bits per heavy atom. The molecule has 0 aliphatic carbocycles. The summed E-state index contributed by atoms with van der Waals surface area (Å²) in [6, 6.07) is 8.69. The highest BCUT2D eigenvalue weighted by molar-refractivity contribution is 7.92. The summed E-state index contributed by atoms with van der Waals surface area (Å²) in [5, 5.41) is 2.78. The van der Waals surface area contributed by atoms with Crippen LogP contribution < -0.4 is 10.0 Å². The third-order valence-corrected chi connectivity index (χ3v) is 8.76. The number of aryl methyl sites for hydroxylation is 2. The minimum atomic E-state index is -3.96. The van der Waals surface area contributed by atoms with Crippen molar-refractivity contribution in [2.24, 2.45) is 0 Å². The summed E-state index contributed by atoms with van der Waals surface area (Å²) < 4.78 is 55.4. The molecule has 1 amide bonds. The molecule has 1 aliphatic rings. The molecule has 0 bridgehead atoms. The van der Waals surface area contributed by atoms with Gasteiger partial charge in [0.25, 0.3) is 10.0 Å². The number of benzene rings is 2. The molecule has 0 aromatic heterocycles. The quantitative estimate of drug-likeness (QED) is 0.681. The molecule has 8 nitrogen and oxygen atoms in total. The van der Waals surface area contributed by atoms with Crippen molar-refractivity contribution in [3.05, 3.63) is 47.5 Å². The summed E-state index contributed by atoms with van der Waals surface area (Å²) in [6.45, 7) is 5.22. The van der Waals surface area contributed by atoms with Crippen LogP contribution in [0.1, 0.15) is 37.8 Å². The normalized spacial score (nSPS) is 14.8. The first-order chi connectivity index (χ1) is 14.4. The van der Waals surface area contributed by atoms with Gasteiger partial charge in [0.2, 0.25) is 15.9 Å². The number of amides is 1. The maximum Gasteiger partial charge on any atom is 0.261 e. The minimum Gasteiger partial charge on any atom is -0.326 e. The van der Waals surface area contributed by atoms with Gasteiger partial charge >= 0.3 is 0 Å². The zero-order chi connectivity index (χ0) is 23.0. The van der Waals surface area contributed by atoms with E-state index in [9.17, 15) is 21.6 Å². The van der Waals surface area contributed by atoms with Gasteiger partial charge in [0.15, 0.2) is 0 Å². The molecule has 0 atom stereocenters. The lowest BCUT2D eigenvalue weighted by Crippen LogP contribution is -2.33. The monoisotopic (exact) mass is 465 g/mol. The van der Waals surface area contributed by atoms with Crippen molar-refractivity contribution in [1.82, 2.24) is 4.31 Å². The van der Waals surface area contributed by atoms with Gasteiger partial charge in [-0.25, -0.2) is 16.8 Å². The Hall–Kier alpha value is -2.43. The van der Waals surface area contributed by atoms with Crippen LogP contribution in [0.3, 0.4) is 0 Å². The Kier molecular flexibility index (Phi) is 6.45. The van der Waals surface area contributed by atoms with Crippen molar-refractivity contribution in [2.45, 2.75) is 55.9 Å². The Labute approximate surface area is 183 Å². The summed E-state index contributed by atoms with van der Waals surface area (Å²) in [5.41, 5.74) is 2.15. The highest BCUT2D eigenvalue weighted by Crippen LogP contribution is 2.28. The number of nitrogens with one attached hydrogen (secondary N) is 2. The molecule has 31 heavy (non-hydrogen) atoms. The van der Waals surface area contributed by atoms with Crippen molar-refractivity contribution in [3.8, 4) is 0 Å². The molecular weight excluding hydrogens is 438 g/mol. The predicted octanol–water partition coefficient (Wildman–Crippen LogP) is 3.10. The van der Waals surface area contributed by atoms with Crippen molar-refractivity contribution >= 4 is 37.3 Å². The molecular formula is C21H27N3O5S2. The summed E-state index contributed by atoms with van der Waals surface area (Å²) in [7, 11) is -6.24. The number of fused-ring (bicyclic) bond motifs is 1. The summed E-state index contributed by atoms with van der Waals surface area (Å²) in [4.78, 5) is 11.8. The van der Waals surface area contributed by atoms with Crippen molar-refractivity contribution in [1.29, 1.82) is 0 Å². The number of carbonyl (C=O) groups excluding carboxylic acids is 1. The van der Waals surface area contributed by atoms with E-state index in [2.05, 4.69) is 10.0 Å². The van der Waals surface area contributed by atoms with E-state index < -0.39 is 20.0 Å². The van der Waals surface area contributed by atoms with Crippen LogP contribution in [0.4, 0.5) is 11.4 Å². The Morgan fingerprint density at radius 3 is 2.35 bits per heavy atom. The molecule has 0 saturated carbocycles. The molecule has 168 valence electrons. The van der Waals surface area contributed by atoms with Crippen LogP contribution in [0.5, 0.6) is 0 Å². The molecule has 2 aromatic carbocycles. The van der Waals surface area contributed by atoms with E-state index in [0.717, 1.165) is 5.56 Å². The number of sulfonamides is 2. The van der Waals surface area contributed by atoms with E-state index in [4.69, 9.17) is 0 Å². The first kappa shape index (κ1) is 23.2. The summed E-state index contributed by atoms with van der Waals surface area (Å²) >= 11 is 0. The van der Waals surface area contributed by atoms with Gasteiger partial charge in [0, 0.05) is 25.2 Å². The zero-order valence-corrected chi connectivity index (χ0v) is 19.6. The maximum absolute atomic E-state index is 13.0. The molecule has 1 aliphatic heterocycles. The first-order valence-electron chi connectivity index (χ1n) is 9.96. The lowest BCUT2D eigenvalue weighted by atomic mass is 10.1. The van der Waals surface area contributed by atoms with Crippen molar-refractivity contribution in [3.63, 3.8) is 0 Å². The van der Waals surface area contributed by atoms with Crippen LogP contribution in [0, 0.1) is 6.92 Å². The van der Waals surface area contributed by atoms with E-state index in [1.54, 1.807) is 39.0 Å². The van der Waals surface area contributed by atoms with Gasteiger partial charge < -0.3 is 5.32 Å². The second kappa shape index (κ2) is 8.60. The zero-order valence-electron chi connectivity index (χ0n) is 18.0. The lowest BCUT2D eigenvalue weighted by Gasteiger charge is -2.22. The van der Waals surface area contributed by atoms with Crippen LogP contribution in [-0.2, 0) is 31.3 Å². The SMILES string of the molecule is Cc1ccc(S(=O)(=O)N(C)C(C)C)cc1NS(=O)(=O)c1ccc2c(c1)CCCC(=O)N2. The molecule has 2 N–H and O–H groups in total. The number of rotatable bonds is 6. The predicted molar refractivity (Wildman–Crippen MR) is 120 cm³/mol.